The number of unbranched alkanes of at least 4 members (excludes halogenated alkanes) is 1. The molecular formula is C23H51ClO6. The molecule has 0 spiro atoms. The van der Waals surface area contributed by atoms with Gasteiger partial charge in [-0.3, -0.25) is 0 Å². The Morgan fingerprint density at radius 3 is 1.33 bits per heavy atom. The summed E-state index contributed by atoms with van der Waals surface area (Å²) in [5.41, 5.74) is -0.131. The molecule has 0 aliphatic carbocycles. The zero-order valence-electron chi connectivity index (χ0n) is 21.4. The van der Waals surface area contributed by atoms with E-state index in [0.29, 0.717) is 33.0 Å². The van der Waals surface area contributed by atoms with E-state index >= 15 is 0 Å². The van der Waals surface area contributed by atoms with E-state index in [1.807, 2.05) is 41.5 Å². The maximum Gasteiger partial charge on any atom is 0.121 e. The molecule has 0 rings (SSSR count). The summed E-state index contributed by atoms with van der Waals surface area (Å²) >= 11 is 5.26. The molecule has 186 valence electrons. The fourth-order valence-electron chi connectivity index (χ4n) is 1.48. The molecule has 30 heavy (non-hydrogen) atoms. The van der Waals surface area contributed by atoms with Gasteiger partial charge in [-0.25, -0.2) is 0 Å². The van der Waals surface area contributed by atoms with Gasteiger partial charge in [0.2, 0.25) is 0 Å². The standard InChI is InChI=1S/C10H22O4.C8H18O.C5H11ClO/c1-10(2,3)14-9-8-13-7-6-12-5-4-11;1-5-6-7-9-8(2,3)4;1-5(2,3)7-4-6/h11H,4-9H2,1-3H3;5-7H2,1-4H3;4H2,1-3H3. The molecule has 0 aromatic rings. The molecule has 0 amide bonds. The molecule has 0 fully saturated rings. The lowest BCUT2D eigenvalue weighted by molar-refractivity contribution is -0.0436. The fourth-order valence-corrected chi connectivity index (χ4v) is 1.81. The monoisotopic (exact) mass is 458 g/mol. The smallest absolute Gasteiger partial charge is 0.121 e. The van der Waals surface area contributed by atoms with Gasteiger partial charge in [0, 0.05) is 6.61 Å². The van der Waals surface area contributed by atoms with E-state index in [9.17, 15) is 0 Å². The molecule has 1 N–H and O–H groups in total. The van der Waals surface area contributed by atoms with Crippen molar-refractivity contribution in [2.75, 3.05) is 52.3 Å². The number of ether oxygens (including phenoxy) is 5. The Balaban J connectivity index is -0.000000393. The number of hydrogen-bond donors (Lipinski definition) is 1. The summed E-state index contributed by atoms with van der Waals surface area (Å²) in [7, 11) is 0. The highest BCUT2D eigenvalue weighted by molar-refractivity contribution is 6.17. The van der Waals surface area contributed by atoms with Crippen molar-refractivity contribution in [2.24, 2.45) is 0 Å². The van der Waals surface area contributed by atoms with Gasteiger partial charge in [-0.1, -0.05) is 24.9 Å². The van der Waals surface area contributed by atoms with E-state index in [1.165, 1.54) is 12.8 Å². The molecule has 0 aliphatic rings. The average molecular weight is 459 g/mol. The van der Waals surface area contributed by atoms with Gasteiger partial charge in [0.05, 0.1) is 56.4 Å². The second-order valence-electron chi connectivity index (χ2n) is 9.59. The quantitative estimate of drug-likeness (QED) is 0.311. The van der Waals surface area contributed by atoms with E-state index in [2.05, 4.69) is 27.7 Å². The molecule has 0 unspecified atom stereocenters. The van der Waals surface area contributed by atoms with E-state index < -0.39 is 0 Å². The van der Waals surface area contributed by atoms with Crippen molar-refractivity contribution in [3.8, 4) is 0 Å². The van der Waals surface area contributed by atoms with Crippen molar-refractivity contribution >= 4 is 11.6 Å². The molecule has 0 aliphatic heterocycles. The minimum Gasteiger partial charge on any atom is -0.394 e. The van der Waals surface area contributed by atoms with Crippen LogP contribution in [0.15, 0.2) is 0 Å². The van der Waals surface area contributed by atoms with Crippen molar-refractivity contribution < 1.29 is 28.8 Å². The maximum absolute atomic E-state index is 8.41. The average Bonchev–Trinajstić information content (AvgIpc) is 2.55. The molecule has 0 bridgehead atoms. The second-order valence-corrected chi connectivity index (χ2v) is 9.81. The minimum atomic E-state index is -0.100. The van der Waals surface area contributed by atoms with Crippen molar-refractivity contribution in [1.29, 1.82) is 0 Å². The summed E-state index contributed by atoms with van der Waals surface area (Å²) in [5.74, 6) is 0. The van der Waals surface area contributed by atoms with E-state index in [-0.39, 0.29) is 29.5 Å². The third-order valence-corrected chi connectivity index (χ3v) is 3.00. The first-order valence-corrected chi connectivity index (χ1v) is 11.5. The number of alkyl halides is 1. The summed E-state index contributed by atoms with van der Waals surface area (Å²) in [6.45, 7) is 24.0. The fraction of sp³-hybridized carbons (Fsp3) is 1.00. The Hall–Kier alpha value is 0.0500. The minimum absolute atomic E-state index is 0.0508. The number of halogens is 1. The van der Waals surface area contributed by atoms with Crippen molar-refractivity contribution in [1.82, 2.24) is 0 Å². The van der Waals surface area contributed by atoms with Gasteiger partial charge in [0.1, 0.15) is 6.07 Å². The largest absolute Gasteiger partial charge is 0.394 e. The lowest BCUT2D eigenvalue weighted by atomic mass is 10.2. The van der Waals surface area contributed by atoms with E-state index in [1.54, 1.807) is 0 Å². The van der Waals surface area contributed by atoms with Gasteiger partial charge in [0.25, 0.3) is 0 Å². The van der Waals surface area contributed by atoms with Crippen LogP contribution in [-0.4, -0.2) is 74.2 Å². The number of hydrogen-bond acceptors (Lipinski definition) is 6. The molecular weight excluding hydrogens is 408 g/mol. The lowest BCUT2D eigenvalue weighted by Crippen LogP contribution is -2.22. The lowest BCUT2D eigenvalue weighted by Gasteiger charge is -2.19. The maximum atomic E-state index is 8.41. The molecule has 7 heteroatoms. The molecule has 0 heterocycles. The molecule has 6 nitrogen and oxygen atoms in total. The molecule has 0 saturated carbocycles. The van der Waals surface area contributed by atoms with Gasteiger partial charge in [-0.15, -0.1) is 0 Å². The summed E-state index contributed by atoms with van der Waals surface area (Å²) in [6, 6.07) is 0.281. The Morgan fingerprint density at radius 1 is 0.600 bits per heavy atom. The Bertz CT molecular complexity index is 332. The van der Waals surface area contributed by atoms with Crippen LogP contribution in [0.2, 0.25) is 0 Å². The summed E-state index contributed by atoms with van der Waals surface area (Å²) in [5, 5.41) is 8.41. The van der Waals surface area contributed by atoms with E-state index in [0.717, 1.165) is 6.61 Å². The van der Waals surface area contributed by atoms with Crippen molar-refractivity contribution in [2.45, 2.75) is 98.9 Å². The topological polar surface area (TPSA) is 66.4 Å². The Labute approximate surface area is 191 Å². The third kappa shape index (κ3) is 46.3. The van der Waals surface area contributed by atoms with Crippen molar-refractivity contribution in [3.63, 3.8) is 0 Å². The SMILES string of the molecule is CC(C)(C)OCCOCCOCCO.CC(C)(C)OCCl.CCCCOC(C)(C)C. The zero-order chi connectivity index (χ0) is 24.1. The normalized spacial score (nSPS) is 12.0. The molecule has 0 radical (unpaired) electrons. The van der Waals surface area contributed by atoms with Crippen LogP contribution in [0.5, 0.6) is 0 Å². The van der Waals surface area contributed by atoms with E-state index in [4.69, 9.17) is 40.4 Å². The van der Waals surface area contributed by atoms with Crippen LogP contribution in [0, 0.1) is 0 Å². The highest BCUT2D eigenvalue weighted by atomic mass is 35.5. The zero-order valence-corrected chi connectivity index (χ0v) is 22.2. The van der Waals surface area contributed by atoms with Gasteiger partial charge < -0.3 is 28.8 Å². The van der Waals surface area contributed by atoms with Crippen molar-refractivity contribution in [3.05, 3.63) is 0 Å². The highest BCUT2D eigenvalue weighted by Crippen LogP contribution is 2.07. The van der Waals surface area contributed by atoms with Crippen LogP contribution in [0.25, 0.3) is 0 Å². The van der Waals surface area contributed by atoms with Crippen LogP contribution in [0.4, 0.5) is 0 Å². The van der Waals surface area contributed by atoms with Crippen LogP contribution < -0.4 is 0 Å². The summed E-state index contributed by atoms with van der Waals surface area (Å²) in [4.78, 5) is 0. The molecule has 0 saturated heterocycles. The van der Waals surface area contributed by atoms with Gasteiger partial charge >= 0.3 is 0 Å². The number of aliphatic hydroxyl groups is 1. The van der Waals surface area contributed by atoms with Crippen LogP contribution in [0.1, 0.15) is 82.1 Å². The molecule has 0 aromatic carbocycles. The van der Waals surface area contributed by atoms with Crippen LogP contribution in [-0.2, 0) is 23.7 Å². The van der Waals surface area contributed by atoms with Crippen LogP contribution >= 0.6 is 11.6 Å². The van der Waals surface area contributed by atoms with Crippen LogP contribution in [0.3, 0.4) is 0 Å². The predicted octanol–water partition coefficient (Wildman–Crippen LogP) is 5.43. The predicted molar refractivity (Wildman–Crippen MR) is 127 cm³/mol. The summed E-state index contributed by atoms with van der Waals surface area (Å²) < 4.78 is 26.2. The Morgan fingerprint density at radius 2 is 1.00 bits per heavy atom. The number of rotatable bonds is 12. The Kier molecular flexibility index (Phi) is 24.2. The molecule has 0 aromatic heterocycles. The number of aliphatic hydroxyl groups excluding tert-OH is 1. The first kappa shape index (κ1) is 34.7. The second kappa shape index (κ2) is 20.9. The molecule has 0 atom stereocenters. The van der Waals surface area contributed by atoms with Gasteiger partial charge in [-0.05, 0) is 68.7 Å². The van der Waals surface area contributed by atoms with Gasteiger partial charge in [0.15, 0.2) is 0 Å². The third-order valence-electron chi connectivity index (χ3n) is 2.89. The summed E-state index contributed by atoms with van der Waals surface area (Å²) in [6.07, 6.45) is 2.40. The highest BCUT2D eigenvalue weighted by Gasteiger charge is 2.09. The van der Waals surface area contributed by atoms with Gasteiger partial charge in [-0.2, -0.15) is 0 Å². The first-order valence-electron chi connectivity index (χ1n) is 10.9. The first-order chi connectivity index (χ1) is 13.7.